The Morgan fingerprint density at radius 3 is 2.51 bits per heavy atom. The molecule has 1 fully saturated rings. The zero-order valence-corrected chi connectivity index (χ0v) is 23.5. The molecule has 1 aromatic carbocycles. The van der Waals surface area contributed by atoms with Gasteiger partial charge in [-0.3, -0.25) is 9.78 Å². The summed E-state index contributed by atoms with van der Waals surface area (Å²) < 4.78 is 65.8. The highest BCUT2D eigenvalue weighted by Gasteiger charge is 2.35. The summed E-state index contributed by atoms with van der Waals surface area (Å²) in [6, 6.07) is 5.95. The van der Waals surface area contributed by atoms with Gasteiger partial charge in [0, 0.05) is 41.7 Å². The zero-order chi connectivity index (χ0) is 30.9. The van der Waals surface area contributed by atoms with Gasteiger partial charge in [-0.15, -0.1) is 0 Å². The van der Waals surface area contributed by atoms with Gasteiger partial charge in [-0.05, 0) is 50.1 Å². The molecule has 4 aromatic rings. The number of amides is 1. The number of fused-ring (bicyclic) bond motifs is 1. The lowest BCUT2D eigenvalue weighted by atomic mass is 9.88. The molecule has 10 nitrogen and oxygen atoms in total. The van der Waals surface area contributed by atoms with Crippen LogP contribution in [0.15, 0.2) is 52.3 Å². The number of ether oxygens (including phenoxy) is 1. The van der Waals surface area contributed by atoms with E-state index < -0.39 is 29.6 Å². The van der Waals surface area contributed by atoms with Crippen LogP contribution in [0.5, 0.6) is 5.75 Å². The lowest BCUT2D eigenvalue weighted by Crippen LogP contribution is -2.41. The normalized spacial score (nSPS) is 15.5. The molecule has 3 aromatic heterocycles. The van der Waals surface area contributed by atoms with E-state index in [0.717, 1.165) is 12.3 Å². The van der Waals surface area contributed by atoms with Crippen molar-refractivity contribution in [3.63, 3.8) is 0 Å². The van der Waals surface area contributed by atoms with E-state index in [0.29, 0.717) is 37.2 Å². The number of methoxy groups -OCH3 is 1. The quantitative estimate of drug-likeness (QED) is 0.170. The molecule has 0 spiro atoms. The van der Waals surface area contributed by atoms with E-state index in [1.54, 1.807) is 17.9 Å². The number of hydrogen-bond donors (Lipinski definition) is 1. The second-order valence-electron chi connectivity index (χ2n) is 10.0. The van der Waals surface area contributed by atoms with Crippen LogP contribution in [-0.2, 0) is 11.0 Å². The lowest BCUT2D eigenvalue weighted by molar-refractivity contribution is -0.140. The van der Waals surface area contributed by atoms with E-state index in [9.17, 15) is 22.4 Å². The molecule has 1 atom stereocenters. The smallest absolute Gasteiger partial charge is 0.433 e. The van der Waals surface area contributed by atoms with Gasteiger partial charge >= 0.3 is 6.18 Å². The molecule has 0 bridgehead atoms. The van der Waals surface area contributed by atoms with Crippen LogP contribution in [0.1, 0.15) is 53.3 Å². The van der Waals surface area contributed by atoms with Gasteiger partial charge in [0.2, 0.25) is 5.89 Å². The number of piperidine rings is 1. The number of benzene rings is 1. The van der Waals surface area contributed by atoms with E-state index in [-0.39, 0.29) is 45.5 Å². The summed E-state index contributed by atoms with van der Waals surface area (Å²) in [6.07, 6.45) is -1.13. The zero-order valence-electron chi connectivity index (χ0n) is 23.5. The van der Waals surface area contributed by atoms with Gasteiger partial charge in [0.1, 0.15) is 24.1 Å². The van der Waals surface area contributed by atoms with Crippen molar-refractivity contribution in [2.75, 3.05) is 27.3 Å². The number of carbonyl (C=O) groups excluding carboxylic acids is 1. The standard InChI is InChI=1S/C29H28F4N6O4/c1-15(34)26-25(28(40)39-12-9-16(10-13-39)23(38-42-3)19-8-11-35-14-20(19)30)37-27(43-26)18-4-6-21(41-2)24-17(18)5-7-22(36-24)29(31,32)33/h4-8,11,14-16H,9-10,12-13,34H2,1-3H3/b38-23-/t15-/m1/s1. The van der Waals surface area contributed by atoms with Gasteiger partial charge in [0.25, 0.3) is 5.91 Å². The average molecular weight is 601 g/mol. The molecular formula is C29H28F4N6O4. The fourth-order valence-corrected chi connectivity index (χ4v) is 5.14. The third-order valence-corrected chi connectivity index (χ3v) is 7.24. The number of oxazole rings is 1. The molecule has 226 valence electrons. The number of likely N-dealkylation sites (tertiary alicyclic amines) is 1. The van der Waals surface area contributed by atoms with Crippen LogP contribution in [0.25, 0.3) is 22.4 Å². The molecule has 1 saturated heterocycles. The second-order valence-corrected chi connectivity index (χ2v) is 10.0. The first-order valence-corrected chi connectivity index (χ1v) is 13.3. The third kappa shape index (κ3) is 5.87. The van der Waals surface area contributed by atoms with Crippen molar-refractivity contribution in [2.45, 2.75) is 32.0 Å². The maximum Gasteiger partial charge on any atom is 0.433 e. The van der Waals surface area contributed by atoms with E-state index in [2.05, 4.69) is 20.1 Å². The molecule has 43 heavy (non-hydrogen) atoms. The maximum atomic E-state index is 14.5. The Bertz CT molecular complexity index is 1680. The lowest BCUT2D eigenvalue weighted by Gasteiger charge is -2.32. The molecular weight excluding hydrogens is 572 g/mol. The fraction of sp³-hybridized carbons (Fsp3) is 0.345. The van der Waals surface area contributed by atoms with Crippen LogP contribution in [0.4, 0.5) is 17.6 Å². The molecule has 5 rings (SSSR count). The van der Waals surface area contributed by atoms with Crippen LogP contribution in [0.2, 0.25) is 0 Å². The number of carbonyl (C=O) groups is 1. The highest BCUT2D eigenvalue weighted by molar-refractivity contribution is 6.02. The number of oxime groups is 1. The van der Waals surface area contributed by atoms with Crippen molar-refractivity contribution < 1.29 is 36.3 Å². The summed E-state index contributed by atoms with van der Waals surface area (Å²) in [4.78, 5) is 32.3. The summed E-state index contributed by atoms with van der Waals surface area (Å²) in [5.74, 6) is -0.859. The van der Waals surface area contributed by atoms with Gasteiger partial charge in [-0.1, -0.05) is 5.16 Å². The monoisotopic (exact) mass is 600 g/mol. The highest BCUT2D eigenvalue weighted by atomic mass is 19.4. The summed E-state index contributed by atoms with van der Waals surface area (Å²) in [5, 5.41) is 4.35. The Morgan fingerprint density at radius 1 is 1.14 bits per heavy atom. The summed E-state index contributed by atoms with van der Waals surface area (Å²) in [5.41, 5.74) is 6.05. The van der Waals surface area contributed by atoms with Crippen molar-refractivity contribution in [3.05, 3.63) is 71.3 Å². The van der Waals surface area contributed by atoms with Gasteiger partial charge < -0.3 is 24.6 Å². The van der Waals surface area contributed by atoms with Crippen molar-refractivity contribution in [1.29, 1.82) is 0 Å². The molecule has 1 aliphatic rings. The minimum Gasteiger partial charge on any atom is -0.494 e. The first-order valence-electron chi connectivity index (χ1n) is 13.3. The minimum atomic E-state index is -4.66. The van der Waals surface area contributed by atoms with E-state index in [4.69, 9.17) is 19.7 Å². The minimum absolute atomic E-state index is 0.00162. The highest BCUT2D eigenvalue weighted by Crippen LogP contribution is 2.38. The number of hydrogen-bond acceptors (Lipinski definition) is 9. The number of alkyl halides is 3. The Kier molecular flexibility index (Phi) is 8.31. The van der Waals surface area contributed by atoms with Crippen LogP contribution >= 0.6 is 0 Å². The van der Waals surface area contributed by atoms with Crippen molar-refractivity contribution in [2.24, 2.45) is 16.8 Å². The van der Waals surface area contributed by atoms with Crippen molar-refractivity contribution >= 4 is 22.5 Å². The Hall–Kier alpha value is -4.59. The van der Waals surface area contributed by atoms with Crippen LogP contribution in [0.3, 0.4) is 0 Å². The second kappa shape index (κ2) is 12.0. The van der Waals surface area contributed by atoms with E-state index in [1.807, 2.05) is 0 Å². The number of nitrogens with two attached hydrogens (primary N) is 1. The third-order valence-electron chi connectivity index (χ3n) is 7.24. The largest absolute Gasteiger partial charge is 0.494 e. The summed E-state index contributed by atoms with van der Waals surface area (Å²) >= 11 is 0. The molecule has 14 heteroatoms. The van der Waals surface area contributed by atoms with Crippen LogP contribution < -0.4 is 10.5 Å². The number of pyridine rings is 2. The Morgan fingerprint density at radius 2 is 1.88 bits per heavy atom. The topological polar surface area (TPSA) is 129 Å². The predicted molar refractivity (Wildman–Crippen MR) is 148 cm³/mol. The summed E-state index contributed by atoms with van der Waals surface area (Å²) in [6.45, 7) is 2.26. The van der Waals surface area contributed by atoms with Gasteiger partial charge in [-0.25, -0.2) is 14.4 Å². The summed E-state index contributed by atoms with van der Waals surface area (Å²) in [7, 11) is 2.71. The van der Waals surface area contributed by atoms with Gasteiger partial charge in [-0.2, -0.15) is 13.2 Å². The molecule has 0 radical (unpaired) electrons. The number of rotatable bonds is 7. The molecule has 1 amide bonds. The SMILES string of the molecule is CO/N=C(\c1ccncc1F)C1CCN(C(=O)c2nc(-c3ccc(OC)c4nc(C(F)(F)F)ccc34)oc2[C@@H](C)N)CC1. The first kappa shape index (κ1) is 29.9. The van der Waals surface area contributed by atoms with Crippen LogP contribution in [-0.4, -0.2) is 58.8 Å². The Labute approximate surface area is 243 Å². The molecule has 4 heterocycles. The molecule has 0 aliphatic carbocycles. The first-order chi connectivity index (χ1) is 20.5. The maximum absolute atomic E-state index is 14.5. The molecule has 0 saturated carbocycles. The fourth-order valence-electron chi connectivity index (χ4n) is 5.14. The van der Waals surface area contributed by atoms with Gasteiger partial charge in [0.05, 0.1) is 25.1 Å². The van der Waals surface area contributed by atoms with Crippen LogP contribution in [0, 0.1) is 11.7 Å². The number of aromatic nitrogens is 3. The predicted octanol–water partition coefficient (Wildman–Crippen LogP) is 5.37. The van der Waals surface area contributed by atoms with E-state index in [1.165, 1.54) is 38.6 Å². The Balaban J connectivity index is 1.44. The molecule has 1 aliphatic heterocycles. The van der Waals surface area contributed by atoms with E-state index >= 15 is 0 Å². The van der Waals surface area contributed by atoms with Crippen molar-refractivity contribution in [3.8, 4) is 17.2 Å². The molecule has 2 N–H and O–H groups in total. The number of halogens is 4. The van der Waals surface area contributed by atoms with Crippen molar-refractivity contribution in [1.82, 2.24) is 19.9 Å². The molecule has 0 unspecified atom stereocenters. The average Bonchev–Trinajstić information content (AvgIpc) is 3.44. The van der Waals surface area contributed by atoms with Gasteiger partial charge in [0.15, 0.2) is 17.3 Å². The number of nitrogens with zero attached hydrogens (tertiary/aromatic N) is 5.